The van der Waals surface area contributed by atoms with E-state index in [1.807, 2.05) is 18.7 Å². The second kappa shape index (κ2) is 4.28. The highest BCUT2D eigenvalue weighted by molar-refractivity contribution is 6.32. The van der Waals surface area contributed by atoms with Gasteiger partial charge < -0.3 is 9.88 Å². The third kappa shape index (κ3) is 2.01. The molecule has 0 amide bonds. The van der Waals surface area contributed by atoms with Crippen LogP contribution in [-0.2, 0) is 0 Å². The van der Waals surface area contributed by atoms with Gasteiger partial charge >= 0.3 is 0 Å². The molecule has 13 heavy (non-hydrogen) atoms. The summed E-state index contributed by atoms with van der Waals surface area (Å²) in [5.41, 5.74) is -0.293. The number of hydrogen-bond acceptors (Lipinski definition) is 3. The Morgan fingerprint density at radius 2 is 2.15 bits per heavy atom. The van der Waals surface area contributed by atoms with Crippen LogP contribution in [0.5, 0.6) is 0 Å². The molecule has 1 N–H and O–H groups in total. The van der Waals surface area contributed by atoms with Crippen molar-refractivity contribution < 1.29 is 0 Å². The zero-order chi connectivity index (χ0) is 9.84. The topological polar surface area (TPSA) is 49.0 Å². The summed E-state index contributed by atoms with van der Waals surface area (Å²) >= 11 is 5.80. The molecule has 0 aromatic carbocycles. The van der Waals surface area contributed by atoms with Gasteiger partial charge in [-0.15, -0.1) is 0 Å². The Labute approximate surface area is 81.6 Å². The SMILES string of the molecule is CCN(CC)c1nc[nH]c(=O)c1Cl. The molecular weight excluding hydrogens is 190 g/mol. The average molecular weight is 202 g/mol. The van der Waals surface area contributed by atoms with Gasteiger partial charge in [0.15, 0.2) is 5.82 Å². The summed E-state index contributed by atoms with van der Waals surface area (Å²) < 4.78 is 0. The highest BCUT2D eigenvalue weighted by Gasteiger charge is 2.10. The van der Waals surface area contributed by atoms with Crippen LogP contribution in [0.25, 0.3) is 0 Å². The van der Waals surface area contributed by atoms with E-state index < -0.39 is 0 Å². The van der Waals surface area contributed by atoms with E-state index in [0.717, 1.165) is 13.1 Å². The summed E-state index contributed by atoms with van der Waals surface area (Å²) in [5, 5.41) is 0.159. The van der Waals surface area contributed by atoms with Crippen molar-refractivity contribution in [2.45, 2.75) is 13.8 Å². The van der Waals surface area contributed by atoms with Crippen LogP contribution >= 0.6 is 11.6 Å². The number of halogens is 1. The lowest BCUT2D eigenvalue weighted by Gasteiger charge is -2.19. The predicted molar refractivity (Wildman–Crippen MR) is 53.4 cm³/mol. The van der Waals surface area contributed by atoms with Gasteiger partial charge in [0.2, 0.25) is 0 Å². The third-order valence-electron chi connectivity index (χ3n) is 1.84. The van der Waals surface area contributed by atoms with Gasteiger partial charge in [-0.05, 0) is 13.8 Å². The predicted octanol–water partition coefficient (Wildman–Crippen LogP) is 1.27. The maximum absolute atomic E-state index is 11.1. The maximum Gasteiger partial charge on any atom is 0.271 e. The van der Waals surface area contributed by atoms with E-state index in [2.05, 4.69) is 9.97 Å². The van der Waals surface area contributed by atoms with Crippen molar-refractivity contribution >= 4 is 17.4 Å². The van der Waals surface area contributed by atoms with Gasteiger partial charge in [0.05, 0.1) is 6.33 Å². The number of anilines is 1. The lowest BCUT2D eigenvalue weighted by atomic mass is 10.4. The molecule has 0 aliphatic carbocycles. The van der Waals surface area contributed by atoms with E-state index in [9.17, 15) is 4.79 Å². The van der Waals surface area contributed by atoms with Crippen LogP contribution in [0.4, 0.5) is 5.82 Å². The minimum atomic E-state index is -0.293. The van der Waals surface area contributed by atoms with Crippen LogP contribution in [0.15, 0.2) is 11.1 Å². The van der Waals surface area contributed by atoms with Gasteiger partial charge in [-0.25, -0.2) is 4.98 Å². The molecule has 72 valence electrons. The van der Waals surface area contributed by atoms with E-state index >= 15 is 0 Å². The molecule has 1 aromatic rings. The molecule has 0 atom stereocenters. The first-order valence-corrected chi connectivity index (χ1v) is 4.56. The zero-order valence-electron chi connectivity index (χ0n) is 7.67. The maximum atomic E-state index is 11.1. The third-order valence-corrected chi connectivity index (χ3v) is 2.18. The van der Waals surface area contributed by atoms with Crippen molar-refractivity contribution in [3.8, 4) is 0 Å². The summed E-state index contributed by atoms with van der Waals surface area (Å²) in [4.78, 5) is 19.5. The van der Waals surface area contributed by atoms with Gasteiger partial charge in [-0.1, -0.05) is 11.6 Å². The zero-order valence-corrected chi connectivity index (χ0v) is 8.43. The number of aromatic amines is 1. The second-order valence-electron chi connectivity index (χ2n) is 2.54. The first-order valence-electron chi connectivity index (χ1n) is 4.18. The van der Waals surface area contributed by atoms with Crippen molar-refractivity contribution in [2.75, 3.05) is 18.0 Å². The highest BCUT2D eigenvalue weighted by atomic mass is 35.5. The Balaban J connectivity index is 3.13. The van der Waals surface area contributed by atoms with Crippen LogP contribution < -0.4 is 10.5 Å². The summed E-state index contributed by atoms with van der Waals surface area (Å²) in [7, 11) is 0. The molecule has 0 aliphatic rings. The van der Waals surface area contributed by atoms with Gasteiger partial charge in [0.1, 0.15) is 5.02 Å². The fourth-order valence-corrected chi connectivity index (χ4v) is 1.34. The lowest BCUT2D eigenvalue weighted by molar-refractivity contribution is 0.839. The molecule has 0 fully saturated rings. The Kier molecular flexibility index (Phi) is 3.31. The van der Waals surface area contributed by atoms with Crippen LogP contribution in [0.1, 0.15) is 13.8 Å². The van der Waals surface area contributed by atoms with Crippen LogP contribution in [0.3, 0.4) is 0 Å². The smallest absolute Gasteiger partial charge is 0.271 e. The largest absolute Gasteiger partial charge is 0.356 e. The van der Waals surface area contributed by atoms with E-state index in [1.54, 1.807) is 0 Å². The number of aromatic nitrogens is 2. The molecule has 0 spiro atoms. The Hall–Kier alpha value is -1.03. The van der Waals surface area contributed by atoms with Gasteiger partial charge in [0, 0.05) is 13.1 Å². The molecule has 0 aliphatic heterocycles. The molecule has 0 bridgehead atoms. The van der Waals surface area contributed by atoms with E-state index in [-0.39, 0.29) is 10.6 Å². The molecule has 0 saturated carbocycles. The van der Waals surface area contributed by atoms with Crippen molar-refractivity contribution in [1.29, 1.82) is 0 Å². The van der Waals surface area contributed by atoms with Gasteiger partial charge in [0.25, 0.3) is 5.56 Å². The Bertz CT molecular complexity index is 332. The molecule has 1 aromatic heterocycles. The van der Waals surface area contributed by atoms with Gasteiger partial charge in [-0.2, -0.15) is 0 Å². The lowest BCUT2D eigenvalue weighted by Crippen LogP contribution is -2.25. The summed E-state index contributed by atoms with van der Waals surface area (Å²) in [6.45, 7) is 5.55. The van der Waals surface area contributed by atoms with Crippen LogP contribution in [0.2, 0.25) is 5.02 Å². The van der Waals surface area contributed by atoms with Crippen molar-refractivity contribution in [3.05, 3.63) is 21.7 Å². The van der Waals surface area contributed by atoms with Gasteiger partial charge in [-0.3, -0.25) is 4.79 Å². The molecular formula is C8H12ClN3O. The normalized spacial score (nSPS) is 10.1. The van der Waals surface area contributed by atoms with Crippen LogP contribution in [-0.4, -0.2) is 23.1 Å². The number of rotatable bonds is 3. The first kappa shape index (κ1) is 10.1. The quantitative estimate of drug-likeness (QED) is 0.802. The number of hydrogen-bond donors (Lipinski definition) is 1. The Morgan fingerprint density at radius 3 is 2.69 bits per heavy atom. The molecule has 0 radical (unpaired) electrons. The van der Waals surface area contributed by atoms with Crippen molar-refractivity contribution in [2.24, 2.45) is 0 Å². The number of nitrogens with zero attached hydrogens (tertiary/aromatic N) is 2. The monoisotopic (exact) mass is 201 g/mol. The minimum Gasteiger partial charge on any atom is -0.356 e. The summed E-state index contributed by atoms with van der Waals surface area (Å²) in [5.74, 6) is 0.551. The number of H-pyrrole nitrogens is 1. The Morgan fingerprint density at radius 1 is 1.54 bits per heavy atom. The molecule has 0 saturated heterocycles. The average Bonchev–Trinajstić information content (AvgIpc) is 2.14. The summed E-state index contributed by atoms with van der Waals surface area (Å²) in [6, 6.07) is 0. The highest BCUT2D eigenvalue weighted by Crippen LogP contribution is 2.16. The van der Waals surface area contributed by atoms with Crippen molar-refractivity contribution in [1.82, 2.24) is 9.97 Å². The van der Waals surface area contributed by atoms with E-state index in [0.29, 0.717) is 5.82 Å². The molecule has 5 heteroatoms. The molecule has 1 rings (SSSR count). The fraction of sp³-hybridized carbons (Fsp3) is 0.500. The standard InChI is InChI=1S/C8H12ClN3O/c1-3-12(4-2)7-6(9)8(13)11-5-10-7/h5H,3-4H2,1-2H3,(H,10,11,13). The molecule has 0 unspecified atom stereocenters. The first-order chi connectivity index (χ1) is 6.20. The second-order valence-corrected chi connectivity index (χ2v) is 2.92. The van der Waals surface area contributed by atoms with E-state index in [4.69, 9.17) is 11.6 Å². The minimum absolute atomic E-state index is 0.159. The molecule has 4 nitrogen and oxygen atoms in total. The van der Waals surface area contributed by atoms with Crippen molar-refractivity contribution in [3.63, 3.8) is 0 Å². The summed E-state index contributed by atoms with van der Waals surface area (Å²) in [6.07, 6.45) is 1.36. The fourth-order valence-electron chi connectivity index (χ4n) is 1.12. The molecule has 1 heterocycles. The van der Waals surface area contributed by atoms with E-state index in [1.165, 1.54) is 6.33 Å². The number of nitrogens with one attached hydrogen (secondary N) is 1. The van der Waals surface area contributed by atoms with Crippen LogP contribution in [0, 0.1) is 0 Å².